The van der Waals surface area contributed by atoms with Gasteiger partial charge in [0.25, 0.3) is 0 Å². The first-order valence-corrected chi connectivity index (χ1v) is 11.6. The van der Waals surface area contributed by atoms with Gasteiger partial charge in [0.2, 0.25) is 0 Å². The molecule has 0 aliphatic heterocycles. The van der Waals surface area contributed by atoms with Crippen LogP contribution < -0.4 is 10.1 Å². The van der Waals surface area contributed by atoms with Gasteiger partial charge in [0, 0.05) is 23.1 Å². The number of aryl methyl sites for hydroxylation is 2. The van der Waals surface area contributed by atoms with Gasteiger partial charge in [0.15, 0.2) is 0 Å². The van der Waals surface area contributed by atoms with Crippen LogP contribution in [-0.2, 0) is 6.54 Å². The predicted octanol–water partition coefficient (Wildman–Crippen LogP) is 7.81. The summed E-state index contributed by atoms with van der Waals surface area (Å²) in [5.41, 5.74) is 7.95. The number of hydrogen-bond donors (Lipinski definition) is 1. The van der Waals surface area contributed by atoms with Crippen molar-refractivity contribution in [3.8, 4) is 28.1 Å². The molecule has 4 aromatic carbocycles. The van der Waals surface area contributed by atoms with E-state index in [0.29, 0.717) is 6.54 Å². The third-order valence-electron chi connectivity index (χ3n) is 6.22. The molecule has 34 heavy (non-hydrogen) atoms. The number of anilines is 1. The molecule has 1 aromatic heterocycles. The Morgan fingerprint density at radius 1 is 0.765 bits per heavy atom. The third-order valence-corrected chi connectivity index (χ3v) is 6.22. The molecular weight excluding hydrogens is 416 g/mol. The van der Waals surface area contributed by atoms with Gasteiger partial charge in [-0.15, -0.1) is 0 Å². The van der Waals surface area contributed by atoms with E-state index in [4.69, 9.17) is 9.72 Å². The monoisotopic (exact) mass is 444 g/mol. The molecule has 0 fully saturated rings. The molecule has 0 aliphatic rings. The number of rotatable bonds is 6. The predicted molar refractivity (Wildman–Crippen MR) is 142 cm³/mol. The summed E-state index contributed by atoms with van der Waals surface area (Å²) in [6.07, 6.45) is 0. The van der Waals surface area contributed by atoms with E-state index in [0.717, 1.165) is 39.3 Å². The number of pyridine rings is 1. The van der Waals surface area contributed by atoms with Crippen molar-refractivity contribution < 1.29 is 4.74 Å². The largest absolute Gasteiger partial charge is 0.497 e. The van der Waals surface area contributed by atoms with E-state index in [1.54, 1.807) is 7.11 Å². The van der Waals surface area contributed by atoms with E-state index >= 15 is 0 Å². The average Bonchev–Trinajstić information content (AvgIpc) is 2.87. The van der Waals surface area contributed by atoms with Crippen LogP contribution in [0.15, 0.2) is 97.1 Å². The second kappa shape index (κ2) is 9.40. The van der Waals surface area contributed by atoms with Gasteiger partial charge in [0.1, 0.15) is 11.6 Å². The van der Waals surface area contributed by atoms with Crippen LogP contribution in [0.25, 0.3) is 33.2 Å². The van der Waals surface area contributed by atoms with Gasteiger partial charge < -0.3 is 10.1 Å². The molecular formula is C31H28N2O. The second-order valence-corrected chi connectivity index (χ2v) is 8.62. The quantitative estimate of drug-likeness (QED) is 0.290. The van der Waals surface area contributed by atoms with E-state index in [1.165, 1.54) is 22.1 Å². The number of methoxy groups -OCH3 is 1. The Labute approximate surface area is 201 Å². The van der Waals surface area contributed by atoms with Gasteiger partial charge in [-0.1, -0.05) is 90.5 Å². The van der Waals surface area contributed by atoms with Crippen LogP contribution >= 0.6 is 0 Å². The highest BCUT2D eigenvalue weighted by molar-refractivity contribution is 6.07. The summed E-state index contributed by atoms with van der Waals surface area (Å²) < 4.78 is 5.56. The van der Waals surface area contributed by atoms with Crippen LogP contribution in [0.5, 0.6) is 5.75 Å². The zero-order chi connectivity index (χ0) is 23.5. The lowest BCUT2D eigenvalue weighted by molar-refractivity contribution is 0.415. The minimum Gasteiger partial charge on any atom is -0.497 e. The first-order valence-electron chi connectivity index (χ1n) is 11.6. The maximum Gasteiger partial charge on any atom is 0.134 e. The van der Waals surface area contributed by atoms with Crippen LogP contribution in [0.2, 0.25) is 0 Å². The van der Waals surface area contributed by atoms with Crippen molar-refractivity contribution >= 4 is 16.6 Å². The van der Waals surface area contributed by atoms with E-state index in [1.807, 2.05) is 18.2 Å². The highest BCUT2D eigenvalue weighted by atomic mass is 16.5. The smallest absolute Gasteiger partial charge is 0.134 e. The summed E-state index contributed by atoms with van der Waals surface area (Å²) in [6.45, 7) is 4.99. The summed E-state index contributed by atoms with van der Waals surface area (Å²) >= 11 is 0. The molecule has 0 bridgehead atoms. The van der Waals surface area contributed by atoms with E-state index in [9.17, 15) is 0 Å². The SMILES string of the molecule is COc1cccc(-c2c(-c3ccccc3C)nc(NCc3ccccc3)c3ccc(C)cc23)c1. The van der Waals surface area contributed by atoms with Crippen molar-refractivity contribution in [3.63, 3.8) is 0 Å². The summed E-state index contributed by atoms with van der Waals surface area (Å²) in [7, 11) is 1.71. The molecule has 5 rings (SSSR count). The minimum atomic E-state index is 0.711. The standard InChI is InChI=1S/C31H28N2O/c1-21-16-17-27-28(18-21)29(24-13-9-14-25(19-24)34-3)30(26-15-8-7-10-22(26)2)33-31(27)32-20-23-11-5-4-6-12-23/h4-19H,20H2,1-3H3,(H,32,33). The maximum absolute atomic E-state index is 5.56. The molecule has 0 saturated carbocycles. The Kier molecular flexibility index (Phi) is 6.01. The Bertz CT molecular complexity index is 1460. The van der Waals surface area contributed by atoms with Crippen molar-refractivity contribution in [1.82, 2.24) is 4.98 Å². The maximum atomic E-state index is 5.56. The Morgan fingerprint density at radius 3 is 2.35 bits per heavy atom. The number of hydrogen-bond acceptors (Lipinski definition) is 3. The molecule has 0 spiro atoms. The highest BCUT2D eigenvalue weighted by Gasteiger charge is 2.19. The topological polar surface area (TPSA) is 34.1 Å². The summed E-state index contributed by atoms with van der Waals surface area (Å²) in [4.78, 5) is 5.26. The Hall–Kier alpha value is -4.11. The molecule has 5 aromatic rings. The van der Waals surface area contributed by atoms with Gasteiger partial charge >= 0.3 is 0 Å². The molecule has 3 nitrogen and oxygen atoms in total. The van der Waals surface area contributed by atoms with Crippen molar-refractivity contribution in [3.05, 3.63) is 114 Å². The third kappa shape index (κ3) is 4.25. The van der Waals surface area contributed by atoms with E-state index in [2.05, 4.69) is 98.0 Å². The zero-order valence-corrected chi connectivity index (χ0v) is 19.8. The van der Waals surface area contributed by atoms with Crippen LogP contribution in [-0.4, -0.2) is 12.1 Å². The molecule has 0 amide bonds. The van der Waals surface area contributed by atoms with Crippen molar-refractivity contribution in [2.45, 2.75) is 20.4 Å². The number of ether oxygens (including phenoxy) is 1. The van der Waals surface area contributed by atoms with Gasteiger partial charge in [-0.2, -0.15) is 0 Å². The molecule has 1 N–H and O–H groups in total. The summed E-state index contributed by atoms with van der Waals surface area (Å²) in [5.74, 6) is 1.73. The first-order chi connectivity index (χ1) is 16.6. The Balaban J connectivity index is 1.79. The van der Waals surface area contributed by atoms with Gasteiger partial charge in [-0.3, -0.25) is 0 Å². The lowest BCUT2D eigenvalue weighted by atomic mass is 9.91. The number of nitrogens with one attached hydrogen (secondary N) is 1. The van der Waals surface area contributed by atoms with Crippen LogP contribution in [0.3, 0.4) is 0 Å². The van der Waals surface area contributed by atoms with Crippen molar-refractivity contribution in [1.29, 1.82) is 0 Å². The highest BCUT2D eigenvalue weighted by Crippen LogP contribution is 2.41. The van der Waals surface area contributed by atoms with E-state index in [-0.39, 0.29) is 0 Å². The normalized spacial score (nSPS) is 10.9. The van der Waals surface area contributed by atoms with Crippen molar-refractivity contribution in [2.24, 2.45) is 0 Å². The molecule has 0 atom stereocenters. The van der Waals surface area contributed by atoms with Crippen LogP contribution in [0.4, 0.5) is 5.82 Å². The minimum absolute atomic E-state index is 0.711. The molecule has 1 heterocycles. The zero-order valence-electron chi connectivity index (χ0n) is 19.8. The van der Waals surface area contributed by atoms with Crippen LogP contribution in [0.1, 0.15) is 16.7 Å². The lowest BCUT2D eigenvalue weighted by Gasteiger charge is -2.19. The number of benzene rings is 4. The fourth-order valence-electron chi connectivity index (χ4n) is 4.45. The van der Waals surface area contributed by atoms with E-state index < -0.39 is 0 Å². The van der Waals surface area contributed by atoms with Gasteiger partial charge in [-0.25, -0.2) is 4.98 Å². The number of aromatic nitrogens is 1. The average molecular weight is 445 g/mol. The first kappa shape index (κ1) is 21.7. The summed E-state index contributed by atoms with van der Waals surface area (Å²) in [5, 5.41) is 5.90. The Morgan fingerprint density at radius 2 is 1.56 bits per heavy atom. The van der Waals surface area contributed by atoms with Crippen molar-refractivity contribution in [2.75, 3.05) is 12.4 Å². The summed E-state index contributed by atoms with van der Waals surface area (Å²) in [6, 6.07) is 33.7. The fraction of sp³-hybridized carbons (Fsp3) is 0.129. The second-order valence-electron chi connectivity index (χ2n) is 8.62. The van der Waals surface area contributed by atoms with Crippen LogP contribution in [0, 0.1) is 13.8 Å². The molecule has 0 aliphatic carbocycles. The molecule has 168 valence electrons. The molecule has 3 heteroatoms. The number of nitrogens with zero attached hydrogens (tertiary/aromatic N) is 1. The van der Waals surface area contributed by atoms with Gasteiger partial charge in [-0.05, 0) is 48.1 Å². The fourth-order valence-corrected chi connectivity index (χ4v) is 4.45. The lowest BCUT2D eigenvalue weighted by Crippen LogP contribution is -2.05. The molecule has 0 radical (unpaired) electrons. The van der Waals surface area contributed by atoms with Gasteiger partial charge in [0.05, 0.1) is 12.8 Å². The molecule has 0 unspecified atom stereocenters. The molecule has 0 saturated heterocycles. The number of fused-ring (bicyclic) bond motifs is 1.